The minimum Gasteiger partial charge on any atom is -0.319 e. The average molecular weight is 397 g/mol. The van der Waals surface area contributed by atoms with E-state index in [2.05, 4.69) is 20.6 Å². The van der Waals surface area contributed by atoms with E-state index in [4.69, 9.17) is 0 Å². The highest BCUT2D eigenvalue weighted by atomic mass is 32.1. The van der Waals surface area contributed by atoms with Crippen LogP contribution in [0.5, 0.6) is 0 Å². The van der Waals surface area contributed by atoms with E-state index in [-0.39, 0.29) is 17.8 Å². The van der Waals surface area contributed by atoms with E-state index in [1.165, 1.54) is 35.6 Å². The van der Waals surface area contributed by atoms with Crippen molar-refractivity contribution in [2.45, 2.75) is 13.0 Å². The molecule has 4 rings (SSSR count). The number of amides is 3. The molecule has 3 amide bonds. The number of carbonyl (C=O) groups is 2. The summed E-state index contributed by atoms with van der Waals surface area (Å²) in [6.07, 6.45) is 2.15. The Morgan fingerprint density at radius 2 is 1.93 bits per heavy atom. The second-order valence-corrected chi connectivity index (χ2v) is 7.25. The van der Waals surface area contributed by atoms with E-state index in [1.807, 2.05) is 0 Å². The Morgan fingerprint density at radius 1 is 1.11 bits per heavy atom. The lowest BCUT2D eigenvalue weighted by Crippen LogP contribution is -2.38. The molecule has 0 spiro atoms. The summed E-state index contributed by atoms with van der Waals surface area (Å²) in [4.78, 5) is 35.7. The van der Waals surface area contributed by atoms with E-state index in [1.54, 1.807) is 29.3 Å². The smallest absolute Gasteiger partial charge is 0.319 e. The van der Waals surface area contributed by atoms with Crippen molar-refractivity contribution in [2.24, 2.45) is 0 Å². The van der Waals surface area contributed by atoms with Crippen LogP contribution < -0.4 is 10.6 Å². The molecule has 0 atom stereocenters. The molecule has 0 bridgehead atoms. The minimum absolute atomic E-state index is 0.260. The molecular weight excluding hydrogens is 381 g/mol. The van der Waals surface area contributed by atoms with Crippen molar-refractivity contribution in [3.05, 3.63) is 70.7 Å². The molecule has 2 aromatic heterocycles. The molecule has 1 aliphatic rings. The molecule has 0 saturated carbocycles. The van der Waals surface area contributed by atoms with Gasteiger partial charge >= 0.3 is 6.03 Å². The van der Waals surface area contributed by atoms with Gasteiger partial charge in [0.2, 0.25) is 0 Å². The van der Waals surface area contributed by atoms with Gasteiger partial charge in [0.25, 0.3) is 5.91 Å². The zero-order chi connectivity index (χ0) is 19.5. The fourth-order valence-corrected chi connectivity index (χ4v) is 3.84. The van der Waals surface area contributed by atoms with Crippen LogP contribution in [0, 0.1) is 5.82 Å². The first kappa shape index (κ1) is 18.1. The molecular formula is C19H16FN5O2S. The normalized spacial score (nSPS) is 13.0. The van der Waals surface area contributed by atoms with Gasteiger partial charge in [-0.3, -0.25) is 15.1 Å². The summed E-state index contributed by atoms with van der Waals surface area (Å²) in [5.41, 5.74) is 1.73. The molecule has 142 valence electrons. The SMILES string of the molecule is O=C(Nc1nc2c(s1)CN(C(=O)Nc1ccc(F)cc1)CC2)c1ccccn1. The number of urea groups is 1. The van der Waals surface area contributed by atoms with Crippen molar-refractivity contribution >= 4 is 34.1 Å². The van der Waals surface area contributed by atoms with Crippen molar-refractivity contribution in [3.8, 4) is 0 Å². The van der Waals surface area contributed by atoms with Crippen LogP contribution in [-0.4, -0.2) is 33.4 Å². The minimum atomic E-state index is -0.356. The number of rotatable bonds is 3. The maximum absolute atomic E-state index is 13.0. The van der Waals surface area contributed by atoms with Gasteiger partial charge in [0, 0.05) is 29.7 Å². The second kappa shape index (κ2) is 7.73. The maximum Gasteiger partial charge on any atom is 0.322 e. The summed E-state index contributed by atoms with van der Waals surface area (Å²) in [6, 6.07) is 10.5. The molecule has 7 nitrogen and oxygen atoms in total. The van der Waals surface area contributed by atoms with Crippen LogP contribution in [0.4, 0.5) is 20.0 Å². The highest BCUT2D eigenvalue weighted by Crippen LogP contribution is 2.29. The van der Waals surface area contributed by atoms with Crippen LogP contribution in [0.25, 0.3) is 0 Å². The standard InChI is InChI=1S/C19H16FN5O2S/c20-12-4-6-13(7-5-12)22-19(27)25-10-8-14-16(11-25)28-18(23-14)24-17(26)15-3-1-2-9-21-15/h1-7,9H,8,10-11H2,(H,22,27)(H,23,24,26). The molecule has 0 fully saturated rings. The predicted molar refractivity (Wildman–Crippen MR) is 104 cm³/mol. The molecule has 0 unspecified atom stereocenters. The molecule has 0 saturated heterocycles. The van der Waals surface area contributed by atoms with Gasteiger partial charge in [0.05, 0.1) is 12.2 Å². The summed E-state index contributed by atoms with van der Waals surface area (Å²) < 4.78 is 13.0. The van der Waals surface area contributed by atoms with Gasteiger partial charge in [-0.1, -0.05) is 17.4 Å². The summed E-state index contributed by atoms with van der Waals surface area (Å²) in [7, 11) is 0. The summed E-state index contributed by atoms with van der Waals surface area (Å²) >= 11 is 1.35. The summed E-state index contributed by atoms with van der Waals surface area (Å²) in [6.45, 7) is 0.914. The molecule has 0 aliphatic carbocycles. The third-order valence-electron chi connectivity index (χ3n) is 4.23. The van der Waals surface area contributed by atoms with Gasteiger partial charge in [0.1, 0.15) is 11.5 Å². The van der Waals surface area contributed by atoms with Crippen molar-refractivity contribution in [3.63, 3.8) is 0 Å². The second-order valence-electron chi connectivity index (χ2n) is 6.17. The molecule has 9 heteroatoms. The van der Waals surface area contributed by atoms with Gasteiger partial charge in [0.15, 0.2) is 5.13 Å². The number of fused-ring (bicyclic) bond motifs is 1. The quantitative estimate of drug-likeness (QED) is 0.708. The van der Waals surface area contributed by atoms with Gasteiger partial charge in [-0.2, -0.15) is 0 Å². The third-order valence-corrected chi connectivity index (χ3v) is 5.23. The molecule has 3 aromatic rings. The number of thiazole rings is 1. The largest absolute Gasteiger partial charge is 0.322 e. The van der Waals surface area contributed by atoms with E-state index < -0.39 is 0 Å². The maximum atomic E-state index is 13.0. The van der Waals surface area contributed by atoms with Crippen LogP contribution >= 0.6 is 11.3 Å². The van der Waals surface area contributed by atoms with Crippen LogP contribution in [0.15, 0.2) is 48.7 Å². The first-order valence-corrected chi connectivity index (χ1v) is 9.42. The number of carbonyl (C=O) groups excluding carboxylic acids is 2. The number of hydrogen-bond donors (Lipinski definition) is 2. The first-order valence-electron chi connectivity index (χ1n) is 8.61. The van der Waals surface area contributed by atoms with Crippen LogP contribution in [0.3, 0.4) is 0 Å². The van der Waals surface area contributed by atoms with E-state index >= 15 is 0 Å². The summed E-state index contributed by atoms with van der Waals surface area (Å²) in [5.74, 6) is -0.678. The first-order chi connectivity index (χ1) is 13.6. The van der Waals surface area contributed by atoms with E-state index in [9.17, 15) is 14.0 Å². The lowest BCUT2D eigenvalue weighted by molar-refractivity contribution is 0.102. The van der Waals surface area contributed by atoms with Crippen LogP contribution in [0.1, 0.15) is 21.1 Å². The molecule has 28 heavy (non-hydrogen) atoms. The topological polar surface area (TPSA) is 87.2 Å². The van der Waals surface area contributed by atoms with Gasteiger partial charge in [-0.25, -0.2) is 14.2 Å². The molecule has 0 radical (unpaired) electrons. The van der Waals surface area contributed by atoms with Crippen molar-refractivity contribution in [1.29, 1.82) is 0 Å². The van der Waals surface area contributed by atoms with E-state index in [0.29, 0.717) is 36.0 Å². The number of halogens is 1. The molecule has 3 heterocycles. The van der Waals surface area contributed by atoms with E-state index in [0.717, 1.165) is 10.6 Å². The van der Waals surface area contributed by atoms with Crippen LogP contribution in [-0.2, 0) is 13.0 Å². The average Bonchev–Trinajstić information content (AvgIpc) is 3.11. The van der Waals surface area contributed by atoms with Gasteiger partial charge in [-0.15, -0.1) is 0 Å². The Balaban J connectivity index is 1.40. The predicted octanol–water partition coefficient (Wildman–Crippen LogP) is 3.52. The lowest BCUT2D eigenvalue weighted by Gasteiger charge is -2.26. The highest BCUT2D eigenvalue weighted by molar-refractivity contribution is 7.15. The van der Waals surface area contributed by atoms with Gasteiger partial charge < -0.3 is 10.2 Å². The fraction of sp³-hybridized carbons (Fsp3) is 0.158. The van der Waals surface area contributed by atoms with Crippen molar-refractivity contribution in [1.82, 2.24) is 14.9 Å². The highest BCUT2D eigenvalue weighted by Gasteiger charge is 2.25. The monoisotopic (exact) mass is 397 g/mol. The Kier molecular flexibility index (Phi) is 4.98. The van der Waals surface area contributed by atoms with Gasteiger partial charge in [-0.05, 0) is 36.4 Å². The Bertz CT molecular complexity index is 1010. The lowest BCUT2D eigenvalue weighted by atomic mass is 10.2. The number of nitrogens with one attached hydrogen (secondary N) is 2. The molecule has 2 N–H and O–H groups in total. The zero-order valence-corrected chi connectivity index (χ0v) is 15.5. The number of benzene rings is 1. The summed E-state index contributed by atoms with van der Waals surface area (Å²) in [5, 5.41) is 6.00. The van der Waals surface area contributed by atoms with Crippen molar-refractivity contribution in [2.75, 3.05) is 17.2 Å². The number of nitrogens with zero attached hydrogens (tertiary/aromatic N) is 3. The number of anilines is 2. The third kappa shape index (κ3) is 3.99. The zero-order valence-electron chi connectivity index (χ0n) is 14.7. The number of aromatic nitrogens is 2. The number of pyridine rings is 1. The Hall–Kier alpha value is -3.33. The number of hydrogen-bond acceptors (Lipinski definition) is 5. The Morgan fingerprint density at radius 3 is 2.68 bits per heavy atom. The fourth-order valence-electron chi connectivity index (χ4n) is 2.82. The molecule has 1 aliphatic heterocycles. The molecule has 1 aromatic carbocycles. The van der Waals surface area contributed by atoms with Crippen molar-refractivity contribution < 1.29 is 14.0 Å². The van der Waals surface area contributed by atoms with Crippen LogP contribution in [0.2, 0.25) is 0 Å². The Labute approximate surface area is 164 Å².